The number of fused-ring (bicyclic) bond motifs is 1. The molecule has 68 valence electrons. The number of rotatable bonds is 2. The van der Waals surface area contributed by atoms with Crippen LogP contribution in [0.3, 0.4) is 0 Å². The second-order valence-electron chi connectivity index (χ2n) is 2.86. The fourth-order valence-corrected chi connectivity index (χ4v) is 1.72. The molecule has 0 bridgehead atoms. The van der Waals surface area contributed by atoms with Gasteiger partial charge in [0.15, 0.2) is 0 Å². The van der Waals surface area contributed by atoms with E-state index < -0.39 is 0 Å². The van der Waals surface area contributed by atoms with Crippen LogP contribution in [0, 0.1) is 0 Å². The summed E-state index contributed by atoms with van der Waals surface area (Å²) in [6, 6.07) is 5.95. The highest BCUT2D eigenvalue weighted by Gasteiger charge is 2.02. The minimum atomic E-state index is 0.182. The van der Waals surface area contributed by atoms with E-state index in [0.717, 1.165) is 21.1 Å². The van der Waals surface area contributed by atoms with Crippen molar-refractivity contribution in [2.24, 2.45) is 0 Å². The van der Waals surface area contributed by atoms with Crippen molar-refractivity contribution in [3.8, 4) is 0 Å². The summed E-state index contributed by atoms with van der Waals surface area (Å²) in [7, 11) is 0. The van der Waals surface area contributed by atoms with Gasteiger partial charge in [0.05, 0.1) is 5.52 Å². The summed E-state index contributed by atoms with van der Waals surface area (Å²) in [5.74, 6) is 0. The maximum absolute atomic E-state index is 8.78. The summed E-state index contributed by atoms with van der Waals surface area (Å²) in [4.78, 5) is 0. The molecule has 0 unspecified atom stereocenters. The number of nitrogens with one attached hydrogen (secondary N) is 1. The summed E-state index contributed by atoms with van der Waals surface area (Å²) < 4.78 is 0.891. The molecular weight excluding hydrogens is 232 g/mol. The lowest BCUT2D eigenvalue weighted by Crippen LogP contribution is -1.89. The summed E-state index contributed by atoms with van der Waals surface area (Å²) >= 11 is 3.37. The van der Waals surface area contributed by atoms with Crippen LogP contribution >= 0.6 is 15.9 Å². The van der Waals surface area contributed by atoms with Crippen molar-refractivity contribution < 1.29 is 5.11 Å². The molecule has 0 radical (unpaired) electrons. The van der Waals surface area contributed by atoms with Crippen molar-refractivity contribution in [3.63, 3.8) is 0 Å². The SMILES string of the molecule is OCCc1ccc2n[nH]c(Br)c2c1. The molecule has 2 aromatic rings. The van der Waals surface area contributed by atoms with Crippen molar-refractivity contribution in [1.29, 1.82) is 0 Å². The predicted molar refractivity (Wildman–Crippen MR) is 54.6 cm³/mol. The lowest BCUT2D eigenvalue weighted by molar-refractivity contribution is 0.299. The van der Waals surface area contributed by atoms with Crippen molar-refractivity contribution >= 4 is 26.8 Å². The number of hydrogen-bond donors (Lipinski definition) is 2. The maximum Gasteiger partial charge on any atom is 0.108 e. The van der Waals surface area contributed by atoms with Crippen LogP contribution in [0.5, 0.6) is 0 Å². The molecule has 0 fully saturated rings. The van der Waals surface area contributed by atoms with Crippen LogP contribution < -0.4 is 0 Å². The Labute approximate surface area is 83.9 Å². The molecule has 0 atom stereocenters. The van der Waals surface area contributed by atoms with Crippen molar-refractivity contribution in [2.45, 2.75) is 6.42 Å². The first kappa shape index (κ1) is 8.72. The molecule has 0 saturated carbocycles. The molecule has 0 aliphatic carbocycles. The van der Waals surface area contributed by atoms with Gasteiger partial charge in [-0.2, -0.15) is 5.10 Å². The fourth-order valence-electron chi connectivity index (χ4n) is 1.31. The molecule has 3 nitrogen and oxygen atoms in total. The zero-order valence-corrected chi connectivity index (χ0v) is 8.50. The molecule has 0 aliphatic heterocycles. The van der Waals surface area contributed by atoms with Gasteiger partial charge in [0.1, 0.15) is 4.60 Å². The predicted octanol–water partition coefficient (Wildman–Crippen LogP) is 1.86. The van der Waals surface area contributed by atoms with Crippen molar-refractivity contribution in [1.82, 2.24) is 10.2 Å². The van der Waals surface area contributed by atoms with Gasteiger partial charge in [-0.25, -0.2) is 0 Å². The zero-order chi connectivity index (χ0) is 9.26. The molecule has 0 saturated heterocycles. The van der Waals surface area contributed by atoms with E-state index >= 15 is 0 Å². The van der Waals surface area contributed by atoms with Gasteiger partial charge in [-0.15, -0.1) is 0 Å². The summed E-state index contributed by atoms with van der Waals surface area (Å²) in [6.45, 7) is 0.182. The molecule has 13 heavy (non-hydrogen) atoms. The molecule has 2 N–H and O–H groups in total. The lowest BCUT2D eigenvalue weighted by Gasteiger charge is -1.97. The Kier molecular flexibility index (Phi) is 2.33. The standard InChI is InChI=1S/C9H9BrN2O/c10-9-7-5-6(3-4-13)1-2-8(7)11-12-9/h1-2,5,13H,3-4H2,(H,11,12). The average Bonchev–Trinajstić information content (AvgIpc) is 2.49. The van der Waals surface area contributed by atoms with Gasteiger partial charge >= 0.3 is 0 Å². The third-order valence-corrected chi connectivity index (χ3v) is 2.58. The summed E-state index contributed by atoms with van der Waals surface area (Å²) in [5.41, 5.74) is 2.06. The molecule has 1 aromatic carbocycles. The number of benzene rings is 1. The molecule has 1 heterocycles. The van der Waals surface area contributed by atoms with Gasteiger partial charge < -0.3 is 5.11 Å². The molecule has 2 rings (SSSR count). The molecule has 4 heteroatoms. The largest absolute Gasteiger partial charge is 0.396 e. The number of aliphatic hydroxyl groups excluding tert-OH is 1. The second kappa shape index (κ2) is 3.47. The van der Waals surface area contributed by atoms with Crippen molar-refractivity contribution in [3.05, 3.63) is 28.4 Å². The number of hydrogen-bond acceptors (Lipinski definition) is 2. The minimum Gasteiger partial charge on any atom is -0.396 e. The normalized spacial score (nSPS) is 10.9. The zero-order valence-electron chi connectivity index (χ0n) is 6.92. The monoisotopic (exact) mass is 240 g/mol. The minimum absolute atomic E-state index is 0.182. The Bertz CT molecular complexity index is 424. The Balaban J connectivity index is 2.53. The number of aliphatic hydroxyl groups is 1. The average molecular weight is 241 g/mol. The Morgan fingerprint density at radius 3 is 3.08 bits per heavy atom. The van der Waals surface area contributed by atoms with Gasteiger partial charge in [-0.1, -0.05) is 6.07 Å². The van der Waals surface area contributed by atoms with Crippen LogP contribution in [0.1, 0.15) is 5.56 Å². The fraction of sp³-hybridized carbons (Fsp3) is 0.222. The van der Waals surface area contributed by atoms with E-state index in [0.29, 0.717) is 6.42 Å². The van der Waals surface area contributed by atoms with Crippen LogP contribution in [0.4, 0.5) is 0 Å². The van der Waals surface area contributed by atoms with Crippen molar-refractivity contribution in [2.75, 3.05) is 6.61 Å². The number of nitrogens with zero attached hydrogens (tertiary/aromatic N) is 1. The molecule has 1 aromatic heterocycles. The summed E-state index contributed by atoms with van der Waals surface area (Å²) in [6.07, 6.45) is 0.688. The number of H-pyrrole nitrogens is 1. The second-order valence-corrected chi connectivity index (χ2v) is 3.66. The van der Waals surface area contributed by atoms with Gasteiger partial charge in [0.25, 0.3) is 0 Å². The molecular formula is C9H9BrN2O. The highest BCUT2D eigenvalue weighted by atomic mass is 79.9. The first-order valence-corrected chi connectivity index (χ1v) is 4.84. The van der Waals surface area contributed by atoms with Crippen LogP contribution in [0.2, 0.25) is 0 Å². The third kappa shape index (κ3) is 1.59. The maximum atomic E-state index is 8.78. The van der Waals surface area contributed by atoms with E-state index in [4.69, 9.17) is 5.11 Å². The van der Waals surface area contributed by atoms with Gasteiger partial charge in [-0.3, -0.25) is 5.10 Å². The van der Waals surface area contributed by atoms with E-state index in [1.54, 1.807) is 0 Å². The number of aromatic nitrogens is 2. The van der Waals surface area contributed by atoms with E-state index in [-0.39, 0.29) is 6.61 Å². The smallest absolute Gasteiger partial charge is 0.108 e. The van der Waals surface area contributed by atoms with E-state index in [2.05, 4.69) is 26.1 Å². The molecule has 0 spiro atoms. The van der Waals surface area contributed by atoms with Gasteiger partial charge in [0, 0.05) is 12.0 Å². The topological polar surface area (TPSA) is 48.9 Å². The highest BCUT2D eigenvalue weighted by molar-refractivity contribution is 9.10. The summed E-state index contributed by atoms with van der Waals surface area (Å²) in [5, 5.41) is 16.8. The van der Waals surface area contributed by atoms with E-state index in [9.17, 15) is 0 Å². The highest BCUT2D eigenvalue weighted by Crippen LogP contribution is 2.21. The lowest BCUT2D eigenvalue weighted by atomic mass is 10.1. The molecule has 0 amide bonds. The first-order valence-electron chi connectivity index (χ1n) is 4.04. The van der Waals surface area contributed by atoms with E-state index in [1.807, 2.05) is 18.2 Å². The number of halogens is 1. The Morgan fingerprint density at radius 2 is 2.31 bits per heavy atom. The Morgan fingerprint density at radius 1 is 1.46 bits per heavy atom. The van der Waals surface area contributed by atoms with E-state index in [1.165, 1.54) is 0 Å². The van der Waals surface area contributed by atoms with Gasteiger partial charge in [-0.05, 0) is 40.0 Å². The third-order valence-electron chi connectivity index (χ3n) is 1.97. The van der Waals surface area contributed by atoms with Crippen LogP contribution in [-0.2, 0) is 6.42 Å². The van der Waals surface area contributed by atoms with Crippen LogP contribution in [0.25, 0.3) is 10.9 Å². The first-order chi connectivity index (χ1) is 6.31. The molecule has 0 aliphatic rings. The quantitative estimate of drug-likeness (QED) is 0.843. The van der Waals surface area contributed by atoms with Gasteiger partial charge in [0.2, 0.25) is 0 Å². The van der Waals surface area contributed by atoms with Crippen LogP contribution in [0.15, 0.2) is 22.8 Å². The number of aromatic amines is 1. The Hall–Kier alpha value is -0.870. The van der Waals surface area contributed by atoms with Crippen LogP contribution in [-0.4, -0.2) is 21.9 Å².